The van der Waals surface area contributed by atoms with Crippen molar-refractivity contribution in [2.45, 2.75) is 32.7 Å². The molecule has 114 valence electrons. The van der Waals surface area contributed by atoms with Crippen molar-refractivity contribution in [3.63, 3.8) is 0 Å². The Morgan fingerprint density at radius 1 is 0.950 bits per heavy atom. The molecule has 0 radical (unpaired) electrons. The topological polar surface area (TPSA) is 27.7 Å². The van der Waals surface area contributed by atoms with E-state index in [0.717, 1.165) is 6.04 Å². The van der Waals surface area contributed by atoms with Crippen molar-refractivity contribution >= 4 is 20.4 Å². The van der Waals surface area contributed by atoms with Crippen LogP contribution in [0.2, 0.25) is 6.04 Å². The summed E-state index contributed by atoms with van der Waals surface area (Å²) in [6.07, 6.45) is 0. The van der Waals surface area contributed by atoms with Gasteiger partial charge in [0.25, 0.3) is 0 Å². The highest BCUT2D eigenvalue weighted by molar-refractivity contribution is 6.61. The molecule has 1 unspecified atom stereocenters. The molecule has 0 bridgehead atoms. The lowest BCUT2D eigenvalue weighted by atomic mass is 10.0. The molecule has 0 saturated heterocycles. The Morgan fingerprint density at radius 2 is 1.45 bits per heavy atom. The smallest absolute Gasteiger partial charge is 0.374 e. The molecule has 1 aromatic rings. The number of halogens is 1. The van der Waals surface area contributed by atoms with E-state index in [9.17, 15) is 0 Å². The fourth-order valence-electron chi connectivity index (χ4n) is 2.25. The van der Waals surface area contributed by atoms with E-state index in [1.165, 1.54) is 5.56 Å². The van der Waals surface area contributed by atoms with Gasteiger partial charge in [-0.15, -0.1) is 11.6 Å². The molecule has 0 amide bonds. The summed E-state index contributed by atoms with van der Waals surface area (Å²) in [6.45, 7) is 7.69. The van der Waals surface area contributed by atoms with Gasteiger partial charge in [0.2, 0.25) is 0 Å². The molecule has 0 aliphatic rings. The molecule has 3 nitrogen and oxygen atoms in total. The van der Waals surface area contributed by atoms with Crippen LogP contribution in [0, 0.1) is 0 Å². The molecule has 1 atom stereocenters. The Bertz CT molecular complexity index is 344. The molecule has 0 aromatic heterocycles. The van der Waals surface area contributed by atoms with Crippen molar-refractivity contribution in [2.75, 3.05) is 25.7 Å². The van der Waals surface area contributed by atoms with Gasteiger partial charge < -0.3 is 13.3 Å². The van der Waals surface area contributed by atoms with Crippen molar-refractivity contribution < 1.29 is 13.3 Å². The van der Waals surface area contributed by atoms with Crippen molar-refractivity contribution in [1.82, 2.24) is 0 Å². The number of alkyl halides is 1. The summed E-state index contributed by atoms with van der Waals surface area (Å²) in [7, 11) is -2.65. The van der Waals surface area contributed by atoms with Crippen LogP contribution in [-0.2, 0) is 13.3 Å². The van der Waals surface area contributed by atoms with Gasteiger partial charge in [0.1, 0.15) is 0 Å². The first-order valence-corrected chi connectivity index (χ1v) is 9.70. The zero-order valence-electron chi connectivity index (χ0n) is 12.6. The Kier molecular flexibility index (Phi) is 8.41. The molecule has 0 fully saturated rings. The van der Waals surface area contributed by atoms with Crippen LogP contribution in [0.25, 0.3) is 0 Å². The van der Waals surface area contributed by atoms with Crippen LogP contribution in [0.15, 0.2) is 30.3 Å². The van der Waals surface area contributed by atoms with E-state index >= 15 is 0 Å². The van der Waals surface area contributed by atoms with E-state index in [1.54, 1.807) is 0 Å². The van der Waals surface area contributed by atoms with Crippen molar-refractivity contribution in [3.05, 3.63) is 35.9 Å². The first-order chi connectivity index (χ1) is 9.71. The second-order valence-electron chi connectivity index (χ2n) is 4.45. The van der Waals surface area contributed by atoms with E-state index in [-0.39, 0.29) is 5.92 Å². The molecule has 1 rings (SSSR count). The molecule has 0 saturated carbocycles. The molecule has 1 aromatic carbocycles. The van der Waals surface area contributed by atoms with E-state index in [0.29, 0.717) is 25.7 Å². The van der Waals surface area contributed by atoms with Gasteiger partial charge in [0.05, 0.1) is 0 Å². The first kappa shape index (κ1) is 17.7. The number of hydrogen-bond acceptors (Lipinski definition) is 3. The maximum atomic E-state index is 6.16. The maximum Gasteiger partial charge on any atom is 0.501 e. The van der Waals surface area contributed by atoms with E-state index < -0.39 is 8.80 Å². The lowest BCUT2D eigenvalue weighted by Gasteiger charge is -2.31. The van der Waals surface area contributed by atoms with Crippen LogP contribution in [0.5, 0.6) is 0 Å². The molecular weight excluding hydrogens is 292 g/mol. The minimum Gasteiger partial charge on any atom is -0.374 e. The molecule has 5 heteroatoms. The monoisotopic (exact) mass is 316 g/mol. The third kappa shape index (κ3) is 5.18. The van der Waals surface area contributed by atoms with Crippen molar-refractivity contribution in [1.29, 1.82) is 0 Å². The molecular formula is C15H25ClO3Si. The third-order valence-corrected chi connectivity index (χ3v) is 6.60. The fourth-order valence-corrected chi connectivity index (χ4v) is 5.63. The third-order valence-electron chi connectivity index (χ3n) is 3.05. The van der Waals surface area contributed by atoms with Crippen LogP contribution in [-0.4, -0.2) is 34.5 Å². The molecule has 20 heavy (non-hydrogen) atoms. The van der Waals surface area contributed by atoms with Gasteiger partial charge >= 0.3 is 8.80 Å². The van der Waals surface area contributed by atoms with Gasteiger partial charge in [0.15, 0.2) is 0 Å². The fraction of sp³-hybridized carbons (Fsp3) is 0.600. The molecule has 0 heterocycles. The Balaban J connectivity index is 2.89. The Morgan fingerprint density at radius 3 is 1.85 bits per heavy atom. The minimum atomic E-state index is -2.65. The highest BCUT2D eigenvalue weighted by Crippen LogP contribution is 2.30. The van der Waals surface area contributed by atoms with Crippen LogP contribution < -0.4 is 0 Å². The summed E-state index contributed by atoms with van der Waals surface area (Å²) < 4.78 is 17.7. The molecule has 0 aliphatic carbocycles. The summed E-state index contributed by atoms with van der Waals surface area (Å²) in [5.41, 5.74) is 1.21. The lowest BCUT2D eigenvalue weighted by molar-refractivity contribution is 0.0699. The zero-order chi connectivity index (χ0) is 14.8. The predicted octanol–water partition coefficient (Wildman–Crippen LogP) is 4.06. The van der Waals surface area contributed by atoms with Gasteiger partial charge in [-0.05, 0) is 26.3 Å². The molecule has 0 spiro atoms. The van der Waals surface area contributed by atoms with Crippen LogP contribution >= 0.6 is 11.6 Å². The highest BCUT2D eigenvalue weighted by atomic mass is 35.5. The van der Waals surface area contributed by atoms with E-state index in [1.807, 2.05) is 39.0 Å². The molecule has 0 aliphatic heterocycles. The summed E-state index contributed by atoms with van der Waals surface area (Å²) >= 11 is 6.16. The average Bonchev–Trinajstić information content (AvgIpc) is 2.46. The van der Waals surface area contributed by atoms with Gasteiger partial charge in [-0.3, -0.25) is 0 Å². The summed E-state index contributed by atoms with van der Waals surface area (Å²) in [6, 6.07) is 11.0. The zero-order valence-corrected chi connectivity index (χ0v) is 14.4. The second kappa shape index (κ2) is 9.53. The number of rotatable bonds is 10. The average molecular weight is 317 g/mol. The van der Waals surface area contributed by atoms with Gasteiger partial charge in [-0.25, -0.2) is 0 Å². The van der Waals surface area contributed by atoms with E-state index in [2.05, 4.69) is 12.1 Å². The molecule has 0 N–H and O–H groups in total. The summed E-state index contributed by atoms with van der Waals surface area (Å²) in [5.74, 6) is 0.723. The standard InChI is InChI=1S/C15H25ClO3Si/c1-4-17-20(18-5-2,19-6-3)13-15(12-16)14-10-8-7-9-11-14/h7-11,15H,4-6,12-13H2,1-3H3. The van der Waals surface area contributed by atoms with Crippen LogP contribution in [0.1, 0.15) is 32.3 Å². The lowest BCUT2D eigenvalue weighted by Crippen LogP contribution is -2.47. The first-order valence-electron chi connectivity index (χ1n) is 7.24. The second-order valence-corrected chi connectivity index (χ2v) is 7.40. The van der Waals surface area contributed by atoms with Crippen molar-refractivity contribution in [2.24, 2.45) is 0 Å². The quantitative estimate of drug-likeness (QED) is 0.481. The van der Waals surface area contributed by atoms with Crippen LogP contribution in [0.4, 0.5) is 0 Å². The maximum absolute atomic E-state index is 6.16. The minimum absolute atomic E-state index is 0.189. The Hall–Kier alpha value is -0.393. The SMILES string of the molecule is CCO[Si](CC(CCl)c1ccccc1)(OCC)OCC. The van der Waals surface area contributed by atoms with Gasteiger partial charge in [-0.1, -0.05) is 30.3 Å². The predicted molar refractivity (Wildman–Crippen MR) is 85.3 cm³/mol. The summed E-state index contributed by atoms with van der Waals surface area (Å²) in [4.78, 5) is 0. The number of benzene rings is 1. The van der Waals surface area contributed by atoms with Gasteiger partial charge in [0, 0.05) is 37.7 Å². The largest absolute Gasteiger partial charge is 0.501 e. The highest BCUT2D eigenvalue weighted by Gasteiger charge is 2.42. The van der Waals surface area contributed by atoms with Gasteiger partial charge in [-0.2, -0.15) is 0 Å². The van der Waals surface area contributed by atoms with E-state index in [4.69, 9.17) is 24.9 Å². The number of hydrogen-bond donors (Lipinski definition) is 0. The van der Waals surface area contributed by atoms with Crippen molar-refractivity contribution in [3.8, 4) is 0 Å². The normalized spacial score (nSPS) is 13.4. The van der Waals surface area contributed by atoms with Crippen LogP contribution in [0.3, 0.4) is 0 Å². The summed E-state index contributed by atoms with van der Waals surface area (Å²) in [5, 5.41) is 0. The Labute approximate surface area is 128 Å².